The Bertz CT molecular complexity index is 809. The predicted octanol–water partition coefficient (Wildman–Crippen LogP) is -0.705. The first kappa shape index (κ1) is 22.7. The summed E-state index contributed by atoms with van der Waals surface area (Å²) in [6.45, 7) is 1.52. The lowest BCUT2D eigenvalue weighted by atomic mass is 10.0. The second-order valence-corrected chi connectivity index (χ2v) is 6.88. The van der Waals surface area contributed by atoms with Gasteiger partial charge in [-0.25, -0.2) is 5.43 Å². The lowest BCUT2D eigenvalue weighted by Gasteiger charge is -2.30. The highest BCUT2D eigenvalue weighted by atomic mass is 32.2. The highest BCUT2D eigenvalue weighted by molar-refractivity contribution is 8.00. The minimum absolute atomic E-state index is 0.0769. The van der Waals surface area contributed by atoms with E-state index in [2.05, 4.69) is 26.7 Å². The van der Waals surface area contributed by atoms with Crippen LogP contribution in [0.15, 0.2) is 11.2 Å². The Balaban J connectivity index is 3.31. The van der Waals surface area contributed by atoms with E-state index in [4.69, 9.17) is 20.6 Å². The molecule has 1 rings (SSSR count). The van der Waals surface area contributed by atoms with E-state index in [1.807, 2.05) is 0 Å². The van der Waals surface area contributed by atoms with Gasteiger partial charge in [-0.15, -0.1) is 6.42 Å². The van der Waals surface area contributed by atoms with Gasteiger partial charge >= 0.3 is 0 Å². The third-order valence-corrected chi connectivity index (χ3v) is 5.20. The number of amides is 1. The number of hydrazine groups is 1. The van der Waals surface area contributed by atoms with Gasteiger partial charge in [-0.2, -0.15) is 18.4 Å². The molecule has 2 atom stereocenters. The Morgan fingerprint density at radius 1 is 1.37 bits per heavy atom. The van der Waals surface area contributed by atoms with Crippen LogP contribution in [0.3, 0.4) is 0 Å². The minimum Gasteiger partial charge on any atom is -0.481 e. The summed E-state index contributed by atoms with van der Waals surface area (Å²) in [6, 6.07) is 1.46. The Hall–Kier alpha value is -2.33. The van der Waals surface area contributed by atoms with E-state index < -0.39 is 27.1 Å². The molecule has 0 aliphatic carbocycles. The van der Waals surface area contributed by atoms with Crippen LogP contribution in [0, 0.1) is 12.3 Å². The molecule has 1 aromatic heterocycles. The van der Waals surface area contributed by atoms with Gasteiger partial charge in [-0.05, 0) is 6.92 Å². The van der Waals surface area contributed by atoms with Crippen molar-refractivity contribution in [2.45, 2.75) is 22.9 Å². The number of rotatable bonds is 10. The summed E-state index contributed by atoms with van der Waals surface area (Å²) >= 11 is 0.872. The van der Waals surface area contributed by atoms with E-state index in [1.165, 1.54) is 34.3 Å². The molecule has 2 unspecified atom stereocenters. The molecular formula is C15H20N4O6S2. The van der Waals surface area contributed by atoms with Crippen molar-refractivity contribution in [2.75, 3.05) is 27.9 Å². The number of hydrogen-bond acceptors (Lipinski definition) is 10. The number of thioether (sulfide) groups is 1. The zero-order valence-corrected chi connectivity index (χ0v) is 16.8. The second-order valence-electron chi connectivity index (χ2n) is 5.05. The third-order valence-electron chi connectivity index (χ3n) is 3.23. The summed E-state index contributed by atoms with van der Waals surface area (Å²) in [7, 11) is 1.53. The van der Waals surface area contributed by atoms with Gasteiger partial charge in [0.25, 0.3) is 5.91 Å². The molecular weight excluding hydrogens is 396 g/mol. The molecule has 0 bridgehead atoms. The fourth-order valence-electron chi connectivity index (χ4n) is 1.84. The first-order chi connectivity index (χ1) is 12.8. The van der Waals surface area contributed by atoms with Gasteiger partial charge in [0.05, 0.1) is 32.2 Å². The van der Waals surface area contributed by atoms with Crippen LogP contribution in [0.1, 0.15) is 6.92 Å². The van der Waals surface area contributed by atoms with E-state index in [0.29, 0.717) is 0 Å². The van der Waals surface area contributed by atoms with E-state index in [1.54, 1.807) is 0 Å². The molecule has 0 spiro atoms. The van der Waals surface area contributed by atoms with Crippen molar-refractivity contribution in [1.82, 2.24) is 20.8 Å². The Labute approximate surface area is 162 Å². The Morgan fingerprint density at radius 3 is 2.41 bits per heavy atom. The van der Waals surface area contributed by atoms with Crippen LogP contribution in [0.4, 0.5) is 0 Å². The number of methoxy groups -OCH3 is 3. The van der Waals surface area contributed by atoms with Crippen molar-refractivity contribution in [1.29, 1.82) is 0 Å². The van der Waals surface area contributed by atoms with Crippen molar-refractivity contribution in [3.05, 3.63) is 6.07 Å². The molecule has 1 amide bonds. The van der Waals surface area contributed by atoms with E-state index in [9.17, 15) is 13.2 Å². The van der Waals surface area contributed by atoms with Crippen molar-refractivity contribution in [3.63, 3.8) is 0 Å². The van der Waals surface area contributed by atoms with Crippen LogP contribution in [0.5, 0.6) is 11.8 Å². The second kappa shape index (κ2) is 10.7. The molecule has 10 nitrogen and oxygen atoms in total. The lowest BCUT2D eigenvalue weighted by Crippen LogP contribution is -2.53. The fourth-order valence-corrected chi connectivity index (χ4v) is 3.60. The first-order valence-corrected chi connectivity index (χ1v) is 9.40. The molecule has 0 aliphatic heterocycles. The molecule has 0 saturated heterocycles. The third kappa shape index (κ3) is 6.72. The summed E-state index contributed by atoms with van der Waals surface area (Å²) in [5, 5.41) is -0.0952. The number of nitrogens with zero attached hydrogens (tertiary/aromatic N) is 2. The summed E-state index contributed by atoms with van der Waals surface area (Å²) < 4.78 is 37.9. The maximum atomic E-state index is 12.6. The summed E-state index contributed by atoms with van der Waals surface area (Å²) in [5.74, 6) is 2.13. The number of carbonyl (C=O) groups is 1. The normalized spacial score (nSPS) is 13.6. The Kier molecular flexibility index (Phi) is 9.03. The van der Waals surface area contributed by atoms with Gasteiger partial charge in [-0.3, -0.25) is 10.2 Å². The number of nitrogens with one attached hydrogen (secondary N) is 2. The van der Waals surface area contributed by atoms with Gasteiger partial charge in [0, 0.05) is 7.11 Å². The largest absolute Gasteiger partial charge is 0.481 e. The molecule has 0 aliphatic rings. The van der Waals surface area contributed by atoms with E-state index in [0.717, 1.165) is 17.1 Å². The number of aromatic nitrogens is 2. The highest BCUT2D eigenvalue weighted by Crippen LogP contribution is 2.32. The quantitative estimate of drug-likeness (QED) is 0.126. The van der Waals surface area contributed by atoms with Gasteiger partial charge < -0.3 is 14.2 Å². The topological polar surface area (TPSA) is 129 Å². The summed E-state index contributed by atoms with van der Waals surface area (Å²) in [5.41, 5.74) is 3.44. The molecule has 2 N–H and O–H groups in total. The average molecular weight is 416 g/mol. The maximum absolute atomic E-state index is 12.6. The van der Waals surface area contributed by atoms with Crippen LogP contribution in [0.25, 0.3) is 0 Å². The van der Waals surface area contributed by atoms with Gasteiger partial charge in [0.1, 0.15) is 10.9 Å². The number of carbonyl (C=O) groups excluding carboxylic acids is 1. The zero-order chi connectivity index (χ0) is 20.4. The van der Waals surface area contributed by atoms with E-state index in [-0.39, 0.29) is 23.5 Å². The lowest BCUT2D eigenvalue weighted by molar-refractivity contribution is -0.124. The predicted molar refractivity (Wildman–Crippen MR) is 100 cm³/mol. The molecule has 0 fully saturated rings. The number of ether oxygens (including phenoxy) is 3. The molecule has 148 valence electrons. The van der Waals surface area contributed by atoms with E-state index >= 15 is 0 Å². The van der Waals surface area contributed by atoms with Gasteiger partial charge in [-0.1, -0.05) is 17.7 Å². The maximum Gasteiger partial charge on any atom is 0.251 e. The minimum atomic E-state index is -2.59. The smallest absolute Gasteiger partial charge is 0.251 e. The number of hydrogen-bond donors (Lipinski definition) is 2. The number of terminal acetylenes is 1. The summed E-state index contributed by atoms with van der Waals surface area (Å²) in [6.07, 6.45) is 5.13. The first-order valence-electron chi connectivity index (χ1n) is 7.38. The SMILES string of the molecule is C#CCNNC(=O)C(Sc1nc(OC)cc(OC)n1)C(C)(C=S(=O)=O)OC. The zero-order valence-electron chi connectivity index (χ0n) is 15.2. The van der Waals surface area contributed by atoms with Crippen LogP contribution in [-0.2, 0) is 19.8 Å². The molecule has 0 radical (unpaired) electrons. The standard InChI is InChI=1S/C15H20N4O6S2/c1-6-7-16-19-13(20)12(15(2,25-5)9-27(21)22)26-14-17-10(23-3)8-11(18-14)24-4/h1,8-9,12,16H,7H2,2-5H3,(H,19,20). The van der Waals surface area contributed by atoms with Crippen molar-refractivity contribution in [2.24, 2.45) is 0 Å². The molecule has 0 aromatic carbocycles. The van der Waals surface area contributed by atoms with Gasteiger partial charge in [0.15, 0.2) is 5.16 Å². The van der Waals surface area contributed by atoms with Crippen molar-refractivity contribution >= 4 is 33.3 Å². The van der Waals surface area contributed by atoms with Crippen LogP contribution >= 0.6 is 11.8 Å². The van der Waals surface area contributed by atoms with Crippen LogP contribution < -0.4 is 20.3 Å². The monoisotopic (exact) mass is 416 g/mol. The molecule has 0 saturated carbocycles. The van der Waals surface area contributed by atoms with Crippen LogP contribution in [0.2, 0.25) is 0 Å². The molecule has 1 aromatic rings. The summed E-state index contributed by atoms with van der Waals surface area (Å²) in [4.78, 5) is 20.9. The molecule has 12 heteroatoms. The fraction of sp³-hybridized carbons (Fsp3) is 0.467. The van der Waals surface area contributed by atoms with Crippen molar-refractivity contribution in [3.8, 4) is 24.1 Å². The highest BCUT2D eigenvalue weighted by Gasteiger charge is 2.40. The molecule has 1 heterocycles. The Morgan fingerprint density at radius 2 is 1.96 bits per heavy atom. The average Bonchev–Trinajstić information content (AvgIpc) is 2.65. The molecule has 27 heavy (non-hydrogen) atoms. The van der Waals surface area contributed by atoms with Crippen molar-refractivity contribution < 1.29 is 27.4 Å². The van der Waals surface area contributed by atoms with Gasteiger partial charge in [0.2, 0.25) is 22.1 Å². The van der Waals surface area contributed by atoms with Crippen LogP contribution in [-0.4, -0.2) is 68.4 Å².